The molecular formula is C14H28N2O. The summed E-state index contributed by atoms with van der Waals surface area (Å²) in [6.07, 6.45) is 2.86. The summed E-state index contributed by atoms with van der Waals surface area (Å²) in [4.78, 5) is 2.62. The predicted molar refractivity (Wildman–Crippen MR) is 71.3 cm³/mol. The van der Waals surface area contributed by atoms with Crippen LogP contribution in [0.3, 0.4) is 0 Å². The summed E-state index contributed by atoms with van der Waals surface area (Å²) in [6, 6.07) is 1.88. The van der Waals surface area contributed by atoms with Gasteiger partial charge in [-0.1, -0.05) is 0 Å². The minimum absolute atomic E-state index is 0.209. The van der Waals surface area contributed by atoms with Gasteiger partial charge in [0, 0.05) is 30.2 Å². The van der Waals surface area contributed by atoms with Crippen LogP contribution in [0.5, 0.6) is 0 Å². The maximum Gasteiger partial charge on any atom is 0.0746 e. The van der Waals surface area contributed by atoms with Crippen molar-refractivity contribution >= 4 is 0 Å². The molecule has 17 heavy (non-hydrogen) atoms. The Labute approximate surface area is 106 Å². The molecule has 0 radical (unpaired) electrons. The van der Waals surface area contributed by atoms with Crippen LogP contribution in [-0.4, -0.2) is 47.8 Å². The number of fused-ring (bicyclic) bond motifs is 1. The molecule has 1 saturated heterocycles. The normalized spacial score (nSPS) is 35.3. The van der Waals surface area contributed by atoms with Gasteiger partial charge < -0.3 is 10.1 Å². The van der Waals surface area contributed by atoms with Crippen LogP contribution in [-0.2, 0) is 4.74 Å². The topological polar surface area (TPSA) is 24.5 Å². The van der Waals surface area contributed by atoms with Crippen LogP contribution in [0.2, 0.25) is 0 Å². The largest absolute Gasteiger partial charge is 0.375 e. The monoisotopic (exact) mass is 240 g/mol. The lowest BCUT2D eigenvalue weighted by molar-refractivity contribution is -0.0666. The number of nitrogens with zero attached hydrogens (tertiary/aromatic N) is 1. The molecule has 3 heteroatoms. The molecule has 1 heterocycles. The molecule has 3 nitrogen and oxygen atoms in total. The number of hydrogen-bond donors (Lipinski definition) is 1. The van der Waals surface area contributed by atoms with Crippen LogP contribution >= 0.6 is 0 Å². The molecule has 0 amide bonds. The standard InChI is InChI=1S/C14H28N2O/c1-10(2)16-6-7-17-13-9-11(8-12(13)16)15-14(3,4)5/h10-13,15H,6-9H2,1-5H3. The van der Waals surface area contributed by atoms with Gasteiger partial charge in [0.05, 0.1) is 12.7 Å². The zero-order chi connectivity index (χ0) is 12.6. The predicted octanol–water partition coefficient (Wildman–Crippen LogP) is 2.01. The Kier molecular flexibility index (Phi) is 3.81. The van der Waals surface area contributed by atoms with Gasteiger partial charge in [-0.05, 0) is 47.5 Å². The minimum Gasteiger partial charge on any atom is -0.375 e. The van der Waals surface area contributed by atoms with Crippen molar-refractivity contribution in [3.05, 3.63) is 0 Å². The number of rotatable bonds is 2. The average molecular weight is 240 g/mol. The van der Waals surface area contributed by atoms with Crippen LogP contribution in [0.15, 0.2) is 0 Å². The van der Waals surface area contributed by atoms with E-state index < -0.39 is 0 Å². The fraction of sp³-hybridized carbons (Fsp3) is 1.00. The van der Waals surface area contributed by atoms with Gasteiger partial charge in [-0.25, -0.2) is 0 Å². The second-order valence-corrected chi connectivity index (χ2v) is 6.87. The first-order chi connectivity index (χ1) is 7.87. The molecule has 1 saturated carbocycles. The highest BCUT2D eigenvalue weighted by molar-refractivity contribution is 4.98. The van der Waals surface area contributed by atoms with Crippen LogP contribution in [0.4, 0.5) is 0 Å². The molecule has 0 aromatic carbocycles. The molecule has 1 aliphatic heterocycles. The molecule has 1 aliphatic carbocycles. The van der Waals surface area contributed by atoms with Gasteiger partial charge in [0.2, 0.25) is 0 Å². The first kappa shape index (κ1) is 13.3. The summed E-state index contributed by atoms with van der Waals surface area (Å²) in [6.45, 7) is 13.3. The smallest absolute Gasteiger partial charge is 0.0746 e. The van der Waals surface area contributed by atoms with E-state index in [1.807, 2.05) is 0 Å². The van der Waals surface area contributed by atoms with E-state index in [2.05, 4.69) is 44.8 Å². The van der Waals surface area contributed by atoms with E-state index in [4.69, 9.17) is 4.74 Å². The number of ether oxygens (including phenoxy) is 1. The second kappa shape index (κ2) is 4.87. The quantitative estimate of drug-likeness (QED) is 0.799. The zero-order valence-corrected chi connectivity index (χ0v) is 12.0. The Balaban J connectivity index is 1.98. The lowest BCUT2D eigenvalue weighted by atomic mass is 10.1. The molecule has 2 aliphatic rings. The Hall–Kier alpha value is -0.120. The molecule has 0 bridgehead atoms. The summed E-state index contributed by atoms with van der Waals surface area (Å²) >= 11 is 0. The zero-order valence-electron chi connectivity index (χ0n) is 12.0. The minimum atomic E-state index is 0.209. The Morgan fingerprint density at radius 3 is 2.53 bits per heavy atom. The van der Waals surface area contributed by atoms with E-state index in [1.54, 1.807) is 0 Å². The highest BCUT2D eigenvalue weighted by atomic mass is 16.5. The number of nitrogens with one attached hydrogen (secondary N) is 1. The van der Waals surface area contributed by atoms with Gasteiger partial charge in [-0.15, -0.1) is 0 Å². The number of hydrogen-bond acceptors (Lipinski definition) is 3. The van der Waals surface area contributed by atoms with Crippen LogP contribution in [0.25, 0.3) is 0 Å². The van der Waals surface area contributed by atoms with Gasteiger partial charge in [0.15, 0.2) is 0 Å². The summed E-state index contributed by atoms with van der Waals surface area (Å²) < 4.78 is 5.95. The molecular weight excluding hydrogens is 212 g/mol. The van der Waals surface area contributed by atoms with Crippen molar-refractivity contribution in [3.63, 3.8) is 0 Å². The molecule has 100 valence electrons. The van der Waals surface area contributed by atoms with Crippen LogP contribution in [0, 0.1) is 0 Å². The van der Waals surface area contributed by atoms with E-state index in [1.165, 1.54) is 12.8 Å². The maximum atomic E-state index is 5.95. The molecule has 2 fully saturated rings. The molecule has 3 unspecified atom stereocenters. The van der Waals surface area contributed by atoms with Crippen LogP contribution in [0.1, 0.15) is 47.5 Å². The summed E-state index contributed by atoms with van der Waals surface area (Å²) in [5.41, 5.74) is 0.209. The van der Waals surface area contributed by atoms with Gasteiger partial charge in [-0.3, -0.25) is 4.90 Å². The fourth-order valence-corrected chi connectivity index (χ4v) is 3.35. The Morgan fingerprint density at radius 1 is 1.24 bits per heavy atom. The van der Waals surface area contributed by atoms with E-state index in [9.17, 15) is 0 Å². The molecule has 0 aromatic heterocycles. The molecule has 2 rings (SSSR count). The average Bonchev–Trinajstić information content (AvgIpc) is 2.55. The van der Waals surface area contributed by atoms with Crippen molar-refractivity contribution in [2.75, 3.05) is 13.2 Å². The molecule has 1 N–H and O–H groups in total. The van der Waals surface area contributed by atoms with Gasteiger partial charge in [0.1, 0.15) is 0 Å². The Bertz CT molecular complexity index is 259. The third-order valence-corrected chi connectivity index (χ3v) is 3.88. The van der Waals surface area contributed by atoms with Crippen molar-refractivity contribution in [2.45, 2.75) is 77.2 Å². The summed E-state index contributed by atoms with van der Waals surface area (Å²) in [5.74, 6) is 0. The van der Waals surface area contributed by atoms with Crippen molar-refractivity contribution < 1.29 is 4.74 Å². The van der Waals surface area contributed by atoms with Crippen molar-refractivity contribution in [3.8, 4) is 0 Å². The third-order valence-electron chi connectivity index (χ3n) is 3.88. The highest BCUT2D eigenvalue weighted by Gasteiger charge is 2.42. The van der Waals surface area contributed by atoms with E-state index >= 15 is 0 Å². The molecule has 0 spiro atoms. The second-order valence-electron chi connectivity index (χ2n) is 6.87. The highest BCUT2D eigenvalue weighted by Crippen LogP contribution is 2.32. The third kappa shape index (κ3) is 3.21. The van der Waals surface area contributed by atoms with E-state index in [0.29, 0.717) is 24.2 Å². The lowest BCUT2D eigenvalue weighted by Crippen LogP contribution is -2.51. The fourth-order valence-electron chi connectivity index (χ4n) is 3.35. The lowest BCUT2D eigenvalue weighted by Gasteiger charge is -2.40. The maximum absolute atomic E-state index is 5.95. The molecule has 0 aromatic rings. The van der Waals surface area contributed by atoms with Crippen LogP contribution < -0.4 is 5.32 Å². The van der Waals surface area contributed by atoms with Gasteiger partial charge >= 0.3 is 0 Å². The Morgan fingerprint density at radius 2 is 1.94 bits per heavy atom. The molecule has 3 atom stereocenters. The van der Waals surface area contributed by atoms with E-state index in [0.717, 1.165) is 13.2 Å². The van der Waals surface area contributed by atoms with Crippen molar-refractivity contribution in [1.82, 2.24) is 10.2 Å². The summed E-state index contributed by atoms with van der Waals surface area (Å²) in [5, 5.41) is 3.73. The van der Waals surface area contributed by atoms with Crippen molar-refractivity contribution in [2.24, 2.45) is 0 Å². The van der Waals surface area contributed by atoms with Gasteiger partial charge in [0.25, 0.3) is 0 Å². The van der Waals surface area contributed by atoms with Crippen molar-refractivity contribution in [1.29, 1.82) is 0 Å². The SMILES string of the molecule is CC(C)N1CCOC2CC(NC(C)(C)C)CC21. The van der Waals surface area contributed by atoms with Gasteiger partial charge in [-0.2, -0.15) is 0 Å². The first-order valence-electron chi connectivity index (χ1n) is 7.02. The number of morpholine rings is 1. The first-order valence-corrected chi connectivity index (χ1v) is 7.02. The van der Waals surface area contributed by atoms with E-state index in [-0.39, 0.29) is 5.54 Å². The summed E-state index contributed by atoms with van der Waals surface area (Å²) in [7, 11) is 0.